The van der Waals surface area contributed by atoms with Gasteiger partial charge in [0.2, 0.25) is 0 Å². The standard InChI is InChI=1S/C14H16BrN3O2/c1-17(6-7-18-10-13(15)8-16-18)9-11-2-4-12(5-3-11)14(19)20/h2-5,8,10H,6-7,9H2,1H3,(H,19,20). The van der Waals surface area contributed by atoms with Crippen LogP contribution in [0, 0.1) is 0 Å². The van der Waals surface area contributed by atoms with E-state index >= 15 is 0 Å². The Morgan fingerprint density at radius 1 is 1.40 bits per heavy atom. The first-order chi connectivity index (χ1) is 9.54. The fourth-order valence-corrected chi connectivity index (χ4v) is 2.21. The first kappa shape index (κ1) is 14.7. The number of halogens is 1. The topological polar surface area (TPSA) is 58.4 Å². The fraction of sp³-hybridized carbons (Fsp3) is 0.286. The molecule has 6 heteroatoms. The lowest BCUT2D eigenvalue weighted by molar-refractivity contribution is 0.0697. The van der Waals surface area contributed by atoms with Gasteiger partial charge in [-0.2, -0.15) is 5.10 Å². The summed E-state index contributed by atoms with van der Waals surface area (Å²) in [5, 5.41) is 13.0. The first-order valence-corrected chi connectivity index (χ1v) is 7.02. The van der Waals surface area contributed by atoms with E-state index in [9.17, 15) is 4.79 Å². The van der Waals surface area contributed by atoms with Crippen molar-refractivity contribution in [3.63, 3.8) is 0 Å². The number of likely N-dealkylation sites (N-methyl/N-ethyl adjacent to an activating group) is 1. The molecule has 0 spiro atoms. The molecule has 0 aliphatic rings. The molecule has 1 aromatic carbocycles. The quantitative estimate of drug-likeness (QED) is 0.879. The van der Waals surface area contributed by atoms with Crippen LogP contribution in [0.15, 0.2) is 41.1 Å². The smallest absolute Gasteiger partial charge is 0.335 e. The molecule has 1 N–H and O–H groups in total. The summed E-state index contributed by atoms with van der Waals surface area (Å²) < 4.78 is 2.86. The third-order valence-electron chi connectivity index (χ3n) is 2.97. The zero-order chi connectivity index (χ0) is 14.5. The van der Waals surface area contributed by atoms with Crippen molar-refractivity contribution in [3.8, 4) is 0 Å². The molecule has 106 valence electrons. The zero-order valence-corrected chi connectivity index (χ0v) is 12.7. The first-order valence-electron chi connectivity index (χ1n) is 6.23. The number of hydrogen-bond donors (Lipinski definition) is 1. The minimum absolute atomic E-state index is 0.317. The number of rotatable bonds is 6. The molecule has 2 rings (SSSR count). The molecule has 0 atom stereocenters. The van der Waals surface area contributed by atoms with Gasteiger partial charge in [0.05, 0.1) is 22.8 Å². The third kappa shape index (κ3) is 4.18. The molecule has 20 heavy (non-hydrogen) atoms. The van der Waals surface area contributed by atoms with Crippen molar-refractivity contribution < 1.29 is 9.90 Å². The molecule has 0 aliphatic carbocycles. The predicted octanol–water partition coefficient (Wildman–Crippen LogP) is 2.48. The Morgan fingerprint density at radius 3 is 2.65 bits per heavy atom. The predicted molar refractivity (Wildman–Crippen MR) is 79.7 cm³/mol. The van der Waals surface area contributed by atoms with Crippen LogP contribution in [0.4, 0.5) is 0 Å². The summed E-state index contributed by atoms with van der Waals surface area (Å²) in [4.78, 5) is 12.9. The number of aromatic nitrogens is 2. The molecule has 0 unspecified atom stereocenters. The average Bonchev–Trinajstić information content (AvgIpc) is 2.83. The van der Waals surface area contributed by atoms with Crippen LogP contribution in [0.2, 0.25) is 0 Å². The van der Waals surface area contributed by atoms with E-state index in [1.807, 2.05) is 30.1 Å². The molecule has 0 saturated heterocycles. The van der Waals surface area contributed by atoms with E-state index in [4.69, 9.17) is 5.11 Å². The van der Waals surface area contributed by atoms with Gasteiger partial charge in [-0.15, -0.1) is 0 Å². The lowest BCUT2D eigenvalue weighted by Crippen LogP contribution is -2.23. The van der Waals surface area contributed by atoms with Crippen molar-refractivity contribution in [1.29, 1.82) is 0 Å². The number of aromatic carboxylic acids is 1. The van der Waals surface area contributed by atoms with Crippen molar-refractivity contribution in [2.24, 2.45) is 0 Å². The lowest BCUT2D eigenvalue weighted by Gasteiger charge is -2.16. The van der Waals surface area contributed by atoms with Crippen LogP contribution in [0.5, 0.6) is 0 Å². The number of carboxylic acid groups (broad SMARTS) is 1. The molecular weight excluding hydrogens is 322 g/mol. The van der Waals surface area contributed by atoms with E-state index in [0.717, 1.165) is 29.7 Å². The van der Waals surface area contributed by atoms with Crippen molar-refractivity contribution in [2.75, 3.05) is 13.6 Å². The van der Waals surface area contributed by atoms with Gasteiger partial charge >= 0.3 is 5.97 Å². The van der Waals surface area contributed by atoms with Crippen LogP contribution in [0.3, 0.4) is 0 Å². The van der Waals surface area contributed by atoms with E-state index < -0.39 is 5.97 Å². The maximum absolute atomic E-state index is 10.8. The van der Waals surface area contributed by atoms with Gasteiger partial charge in [-0.25, -0.2) is 4.79 Å². The third-order valence-corrected chi connectivity index (χ3v) is 3.38. The van der Waals surface area contributed by atoms with Crippen LogP contribution in [-0.2, 0) is 13.1 Å². The molecule has 0 amide bonds. The summed E-state index contributed by atoms with van der Waals surface area (Å²) in [5.41, 5.74) is 1.41. The molecule has 0 bridgehead atoms. The number of nitrogens with zero attached hydrogens (tertiary/aromatic N) is 3. The van der Waals surface area contributed by atoms with E-state index in [-0.39, 0.29) is 0 Å². The lowest BCUT2D eigenvalue weighted by atomic mass is 10.1. The normalized spacial score (nSPS) is 10.9. The van der Waals surface area contributed by atoms with Gasteiger partial charge in [0.25, 0.3) is 0 Å². The van der Waals surface area contributed by atoms with Gasteiger partial charge in [0.1, 0.15) is 0 Å². The molecule has 0 saturated carbocycles. The van der Waals surface area contributed by atoms with Gasteiger partial charge in [-0.3, -0.25) is 4.68 Å². The summed E-state index contributed by atoms with van der Waals surface area (Å²) >= 11 is 3.37. The van der Waals surface area contributed by atoms with Crippen LogP contribution in [0.25, 0.3) is 0 Å². The highest BCUT2D eigenvalue weighted by molar-refractivity contribution is 9.10. The van der Waals surface area contributed by atoms with E-state index in [1.165, 1.54) is 0 Å². The highest BCUT2D eigenvalue weighted by Crippen LogP contribution is 2.08. The second-order valence-electron chi connectivity index (χ2n) is 4.66. The van der Waals surface area contributed by atoms with E-state index in [0.29, 0.717) is 5.56 Å². The summed E-state index contributed by atoms with van der Waals surface area (Å²) in [6.45, 7) is 2.46. The number of hydrogen-bond acceptors (Lipinski definition) is 3. The Morgan fingerprint density at radius 2 is 2.10 bits per heavy atom. The molecular formula is C14H16BrN3O2. The van der Waals surface area contributed by atoms with Crippen molar-refractivity contribution in [1.82, 2.24) is 14.7 Å². The maximum Gasteiger partial charge on any atom is 0.335 e. The molecule has 5 nitrogen and oxygen atoms in total. The van der Waals surface area contributed by atoms with Crippen LogP contribution >= 0.6 is 15.9 Å². The van der Waals surface area contributed by atoms with Crippen molar-refractivity contribution >= 4 is 21.9 Å². The van der Waals surface area contributed by atoms with Gasteiger partial charge in [0, 0.05) is 19.3 Å². The minimum Gasteiger partial charge on any atom is -0.478 e. The molecule has 0 aliphatic heterocycles. The summed E-state index contributed by atoms with van der Waals surface area (Å²) in [6, 6.07) is 6.97. The van der Waals surface area contributed by atoms with Gasteiger partial charge < -0.3 is 10.0 Å². The molecule has 2 aromatic rings. The summed E-state index contributed by atoms with van der Waals surface area (Å²) in [7, 11) is 2.03. The van der Waals surface area contributed by atoms with E-state index in [1.54, 1.807) is 18.3 Å². The van der Waals surface area contributed by atoms with Gasteiger partial charge in [0.15, 0.2) is 0 Å². The zero-order valence-electron chi connectivity index (χ0n) is 11.2. The van der Waals surface area contributed by atoms with Crippen LogP contribution in [0.1, 0.15) is 15.9 Å². The minimum atomic E-state index is -0.894. The Labute approximate surface area is 126 Å². The molecule has 1 heterocycles. The number of carbonyl (C=O) groups is 1. The second kappa shape index (κ2) is 6.67. The number of carboxylic acids is 1. The number of benzene rings is 1. The van der Waals surface area contributed by atoms with Crippen LogP contribution < -0.4 is 0 Å². The summed E-state index contributed by atoms with van der Waals surface area (Å²) in [6.07, 6.45) is 3.71. The Kier molecular flexibility index (Phi) is 4.92. The second-order valence-corrected chi connectivity index (χ2v) is 5.58. The van der Waals surface area contributed by atoms with Gasteiger partial charge in [-0.05, 0) is 40.7 Å². The summed E-state index contributed by atoms with van der Waals surface area (Å²) in [5.74, 6) is -0.894. The SMILES string of the molecule is CN(CCn1cc(Br)cn1)Cc1ccc(C(=O)O)cc1. The van der Waals surface area contributed by atoms with E-state index in [2.05, 4.69) is 25.9 Å². The Balaban J connectivity index is 1.84. The molecule has 0 radical (unpaired) electrons. The van der Waals surface area contributed by atoms with Crippen LogP contribution in [-0.4, -0.2) is 39.3 Å². The Bertz CT molecular complexity index is 580. The van der Waals surface area contributed by atoms with Gasteiger partial charge in [-0.1, -0.05) is 12.1 Å². The monoisotopic (exact) mass is 337 g/mol. The van der Waals surface area contributed by atoms with Crippen molar-refractivity contribution in [2.45, 2.75) is 13.1 Å². The maximum atomic E-state index is 10.8. The Hall–Kier alpha value is -1.66. The largest absolute Gasteiger partial charge is 0.478 e. The molecule has 1 aromatic heterocycles. The highest BCUT2D eigenvalue weighted by Gasteiger charge is 2.04. The average molecular weight is 338 g/mol. The molecule has 0 fully saturated rings. The fourth-order valence-electron chi connectivity index (χ4n) is 1.88. The van der Waals surface area contributed by atoms with Crippen molar-refractivity contribution in [3.05, 3.63) is 52.3 Å². The highest BCUT2D eigenvalue weighted by atomic mass is 79.9.